The Morgan fingerprint density at radius 3 is 2.51 bits per heavy atom. The van der Waals surface area contributed by atoms with Gasteiger partial charge in [-0.25, -0.2) is 9.79 Å². The molecule has 5 aromatic rings. The van der Waals surface area contributed by atoms with Gasteiger partial charge in [0.15, 0.2) is 5.17 Å². The van der Waals surface area contributed by atoms with Gasteiger partial charge in [0, 0.05) is 41.2 Å². The van der Waals surface area contributed by atoms with Crippen molar-refractivity contribution < 1.29 is 14.7 Å². The quantitative estimate of drug-likeness (QED) is 0.234. The average molecular weight is 533 g/mol. The maximum Gasteiger partial charge on any atom is 0.335 e. The highest BCUT2D eigenvalue weighted by molar-refractivity contribution is 8.18. The van der Waals surface area contributed by atoms with Crippen LogP contribution in [0.2, 0.25) is 0 Å². The predicted octanol–water partition coefficient (Wildman–Crippen LogP) is 6.50. The number of hydrogen-bond donors (Lipinski definition) is 2. The Bertz CT molecular complexity index is 1730. The first-order chi connectivity index (χ1) is 19.1. The van der Waals surface area contributed by atoms with Gasteiger partial charge in [0.2, 0.25) is 0 Å². The Morgan fingerprint density at radius 2 is 1.72 bits per heavy atom. The second-order valence-electron chi connectivity index (χ2n) is 9.06. The molecule has 2 aromatic heterocycles. The van der Waals surface area contributed by atoms with E-state index in [1.54, 1.807) is 29.2 Å². The van der Waals surface area contributed by atoms with Gasteiger partial charge in [-0.15, -0.1) is 0 Å². The van der Waals surface area contributed by atoms with Crippen molar-refractivity contribution in [2.45, 2.75) is 6.42 Å². The number of thioether (sulfide) groups is 1. The van der Waals surface area contributed by atoms with Gasteiger partial charge < -0.3 is 14.7 Å². The molecule has 0 spiro atoms. The summed E-state index contributed by atoms with van der Waals surface area (Å²) in [6, 6.07) is 28.3. The maximum absolute atomic E-state index is 13.7. The fourth-order valence-corrected chi connectivity index (χ4v) is 5.63. The highest BCUT2D eigenvalue weighted by atomic mass is 32.2. The molecular formula is C31H24N4O3S. The predicted molar refractivity (Wildman–Crippen MR) is 156 cm³/mol. The number of amides is 1. The van der Waals surface area contributed by atoms with Crippen LogP contribution in [0.1, 0.15) is 21.6 Å². The molecule has 3 heterocycles. The molecule has 1 fully saturated rings. The number of aromatic carboxylic acids is 1. The molecule has 0 atom stereocenters. The summed E-state index contributed by atoms with van der Waals surface area (Å²) < 4.78 is 1.93. The van der Waals surface area contributed by atoms with E-state index in [1.165, 1.54) is 11.8 Å². The van der Waals surface area contributed by atoms with Crippen LogP contribution in [-0.2, 0) is 11.2 Å². The van der Waals surface area contributed by atoms with Crippen molar-refractivity contribution in [3.63, 3.8) is 0 Å². The van der Waals surface area contributed by atoms with E-state index < -0.39 is 5.97 Å². The fraction of sp³-hybridized carbons (Fsp3) is 0.0645. The van der Waals surface area contributed by atoms with Crippen LogP contribution in [0.5, 0.6) is 0 Å². The Labute approximate surface area is 229 Å². The van der Waals surface area contributed by atoms with Gasteiger partial charge in [-0.05, 0) is 84.4 Å². The molecule has 39 heavy (non-hydrogen) atoms. The standard InChI is InChI=1S/C31H24N4O3S/c36-29-28(19-25-9-6-17-34(25)24-14-12-21(13-15-24)30(37)38)39-31(33-23-7-2-1-3-8-23)35(29)18-16-22-20-32-27-11-5-4-10-26(22)27/h1-15,17,19-20,32H,16,18H2,(H,37,38)/b28-19-,33-31?. The number of nitrogens with zero attached hydrogens (tertiary/aromatic N) is 3. The molecule has 2 N–H and O–H groups in total. The summed E-state index contributed by atoms with van der Waals surface area (Å²) >= 11 is 1.36. The van der Waals surface area contributed by atoms with Gasteiger partial charge in [0.25, 0.3) is 5.91 Å². The number of carbonyl (C=O) groups is 2. The first kappa shape index (κ1) is 24.5. The van der Waals surface area contributed by atoms with Gasteiger partial charge in [-0.2, -0.15) is 0 Å². The second-order valence-corrected chi connectivity index (χ2v) is 10.1. The van der Waals surface area contributed by atoms with Crippen LogP contribution in [0.4, 0.5) is 5.69 Å². The van der Waals surface area contributed by atoms with E-state index >= 15 is 0 Å². The van der Waals surface area contributed by atoms with Gasteiger partial charge in [-0.1, -0.05) is 36.4 Å². The number of H-pyrrole nitrogens is 1. The monoisotopic (exact) mass is 532 g/mol. The summed E-state index contributed by atoms with van der Waals surface area (Å²) in [5.41, 5.74) is 4.85. The van der Waals surface area contributed by atoms with Crippen LogP contribution in [0.25, 0.3) is 22.7 Å². The number of carbonyl (C=O) groups excluding carboxylic acids is 1. The van der Waals surface area contributed by atoms with Crippen LogP contribution < -0.4 is 0 Å². The van der Waals surface area contributed by atoms with E-state index in [0.717, 1.165) is 33.5 Å². The van der Waals surface area contributed by atoms with E-state index in [-0.39, 0.29) is 11.5 Å². The van der Waals surface area contributed by atoms with Crippen LogP contribution >= 0.6 is 11.8 Å². The topological polar surface area (TPSA) is 90.7 Å². The van der Waals surface area contributed by atoms with Crippen molar-refractivity contribution in [2.24, 2.45) is 4.99 Å². The lowest BCUT2D eigenvalue weighted by molar-refractivity contribution is -0.122. The lowest BCUT2D eigenvalue weighted by Crippen LogP contribution is -2.31. The van der Waals surface area contributed by atoms with Crippen molar-refractivity contribution in [1.82, 2.24) is 14.5 Å². The summed E-state index contributed by atoms with van der Waals surface area (Å²) in [6.07, 6.45) is 6.44. The Hall–Kier alpha value is -4.82. The number of nitrogens with one attached hydrogen (secondary N) is 1. The molecule has 1 aliphatic rings. The molecule has 1 amide bonds. The van der Waals surface area contributed by atoms with E-state index in [0.29, 0.717) is 23.0 Å². The molecule has 0 unspecified atom stereocenters. The number of aliphatic imine (C=N–C) groups is 1. The number of amidine groups is 1. The molecule has 1 aliphatic heterocycles. The Morgan fingerprint density at radius 1 is 0.949 bits per heavy atom. The molecule has 7 nitrogen and oxygen atoms in total. The average Bonchev–Trinajstić information content (AvgIpc) is 3.67. The number of hydrogen-bond acceptors (Lipinski definition) is 4. The van der Waals surface area contributed by atoms with Crippen molar-refractivity contribution in [2.75, 3.05) is 6.54 Å². The lowest BCUT2D eigenvalue weighted by atomic mass is 10.1. The molecule has 1 saturated heterocycles. The fourth-order valence-electron chi connectivity index (χ4n) is 4.62. The van der Waals surface area contributed by atoms with Crippen molar-refractivity contribution in [1.29, 1.82) is 0 Å². The summed E-state index contributed by atoms with van der Waals surface area (Å²) in [5.74, 6) is -1.06. The summed E-state index contributed by atoms with van der Waals surface area (Å²) in [6.45, 7) is 0.494. The van der Waals surface area contributed by atoms with Gasteiger partial charge >= 0.3 is 5.97 Å². The van der Waals surface area contributed by atoms with Crippen LogP contribution in [0.15, 0.2) is 113 Å². The zero-order valence-corrected chi connectivity index (χ0v) is 21.6. The SMILES string of the molecule is O=C(O)c1ccc(-n2cccc2/C=C2\SC(=Nc3ccccc3)N(CCc3c[nH]c4ccccc34)C2=O)cc1. The molecule has 0 bridgehead atoms. The van der Waals surface area contributed by atoms with Gasteiger partial charge in [-0.3, -0.25) is 9.69 Å². The minimum Gasteiger partial charge on any atom is -0.478 e. The molecular weight excluding hydrogens is 508 g/mol. The molecule has 3 aromatic carbocycles. The summed E-state index contributed by atoms with van der Waals surface area (Å²) in [4.78, 5) is 35.4. The van der Waals surface area contributed by atoms with Crippen molar-refractivity contribution >= 4 is 51.5 Å². The number of benzene rings is 3. The molecule has 8 heteroatoms. The summed E-state index contributed by atoms with van der Waals surface area (Å²) in [5, 5.41) is 11.0. The van der Waals surface area contributed by atoms with Crippen molar-refractivity contribution in [3.8, 4) is 5.69 Å². The number of aromatic amines is 1. The molecule has 0 saturated carbocycles. The normalized spacial score (nSPS) is 15.6. The largest absolute Gasteiger partial charge is 0.478 e. The third-order valence-electron chi connectivity index (χ3n) is 6.60. The van der Waals surface area contributed by atoms with Crippen molar-refractivity contribution in [3.05, 3.63) is 125 Å². The van der Waals surface area contributed by atoms with Gasteiger partial charge in [0.1, 0.15) is 0 Å². The lowest BCUT2D eigenvalue weighted by Gasteiger charge is -2.15. The zero-order chi connectivity index (χ0) is 26.8. The second kappa shape index (κ2) is 10.5. The van der Waals surface area contributed by atoms with E-state index in [2.05, 4.69) is 11.1 Å². The highest BCUT2D eigenvalue weighted by Crippen LogP contribution is 2.35. The van der Waals surface area contributed by atoms with Crippen LogP contribution in [0, 0.1) is 0 Å². The smallest absolute Gasteiger partial charge is 0.335 e. The number of para-hydroxylation sites is 2. The molecule has 6 rings (SSSR count). The molecule has 0 radical (unpaired) electrons. The first-order valence-corrected chi connectivity index (χ1v) is 13.3. The van der Waals surface area contributed by atoms with Crippen LogP contribution in [-0.4, -0.2) is 43.1 Å². The molecule has 192 valence electrons. The first-order valence-electron chi connectivity index (χ1n) is 12.5. The number of carboxylic acid groups (broad SMARTS) is 1. The minimum absolute atomic E-state index is 0.0940. The van der Waals surface area contributed by atoms with Gasteiger partial charge in [0.05, 0.1) is 16.2 Å². The van der Waals surface area contributed by atoms with Crippen LogP contribution in [0.3, 0.4) is 0 Å². The third-order valence-corrected chi connectivity index (χ3v) is 7.61. The zero-order valence-electron chi connectivity index (χ0n) is 20.8. The summed E-state index contributed by atoms with van der Waals surface area (Å²) in [7, 11) is 0. The number of fused-ring (bicyclic) bond motifs is 1. The number of aromatic nitrogens is 2. The Kier molecular flexibility index (Phi) is 6.61. The Balaban J connectivity index is 1.31. The highest BCUT2D eigenvalue weighted by Gasteiger charge is 2.33. The number of rotatable bonds is 7. The minimum atomic E-state index is -0.970. The third kappa shape index (κ3) is 5.02. The number of carboxylic acids is 1. The van der Waals surface area contributed by atoms with E-state index in [1.807, 2.05) is 83.7 Å². The van der Waals surface area contributed by atoms with E-state index in [9.17, 15) is 14.7 Å². The maximum atomic E-state index is 13.7. The van der Waals surface area contributed by atoms with E-state index in [4.69, 9.17) is 4.99 Å². The molecule has 0 aliphatic carbocycles.